The first-order chi connectivity index (χ1) is 12.1. The maximum absolute atomic E-state index is 10.4. The van der Waals surface area contributed by atoms with E-state index in [2.05, 4.69) is 15.0 Å². The first-order valence-electron chi connectivity index (χ1n) is 7.78. The molecular weight excluding hydrogens is 326 g/mol. The summed E-state index contributed by atoms with van der Waals surface area (Å²) in [4.78, 5) is 12.7. The number of hydrogen-bond donors (Lipinski definition) is 4. The van der Waals surface area contributed by atoms with Gasteiger partial charge in [-0.1, -0.05) is 30.3 Å². The van der Waals surface area contributed by atoms with Crippen LogP contribution < -0.4 is 5.73 Å². The number of nitrogens with two attached hydrogens (primary N) is 1. The Kier molecular flexibility index (Phi) is 3.85. The van der Waals surface area contributed by atoms with Crippen LogP contribution in [0.25, 0.3) is 22.6 Å². The second-order valence-electron chi connectivity index (χ2n) is 5.83. The minimum atomic E-state index is -1.26. The zero-order chi connectivity index (χ0) is 17.6. The highest BCUT2D eigenvalue weighted by Gasteiger charge is 2.45. The van der Waals surface area contributed by atoms with Crippen LogP contribution in [0.15, 0.2) is 36.7 Å². The van der Waals surface area contributed by atoms with Gasteiger partial charge >= 0.3 is 0 Å². The number of aliphatic hydroxyl groups is 3. The molecule has 0 amide bonds. The van der Waals surface area contributed by atoms with Gasteiger partial charge in [0.25, 0.3) is 0 Å². The SMILES string of the molecule is Nc1ncnc2c1nc(-c1ccccc1)n2[C@@H]1O[C@H](CO)C(O)C1O. The van der Waals surface area contributed by atoms with Gasteiger partial charge in [-0.05, 0) is 0 Å². The molecule has 0 radical (unpaired) electrons. The number of imidazole rings is 1. The van der Waals surface area contributed by atoms with Crippen molar-refractivity contribution >= 4 is 17.0 Å². The highest BCUT2D eigenvalue weighted by Crippen LogP contribution is 2.36. The second kappa shape index (κ2) is 6.05. The number of aliphatic hydroxyl groups excluding tert-OH is 3. The fourth-order valence-corrected chi connectivity index (χ4v) is 3.05. The summed E-state index contributed by atoms with van der Waals surface area (Å²) in [7, 11) is 0. The van der Waals surface area contributed by atoms with Crippen LogP contribution in [0.1, 0.15) is 6.23 Å². The van der Waals surface area contributed by atoms with E-state index in [4.69, 9.17) is 10.5 Å². The maximum atomic E-state index is 10.4. The molecule has 1 fully saturated rings. The van der Waals surface area contributed by atoms with Crippen LogP contribution in [-0.2, 0) is 4.74 Å². The van der Waals surface area contributed by atoms with E-state index >= 15 is 0 Å². The monoisotopic (exact) mass is 343 g/mol. The number of anilines is 1. The summed E-state index contributed by atoms with van der Waals surface area (Å²) >= 11 is 0. The van der Waals surface area contributed by atoms with Gasteiger partial charge in [-0.15, -0.1) is 0 Å². The fraction of sp³-hybridized carbons (Fsp3) is 0.312. The summed E-state index contributed by atoms with van der Waals surface area (Å²) in [5, 5.41) is 29.9. The Morgan fingerprint density at radius 3 is 2.56 bits per heavy atom. The molecule has 1 saturated heterocycles. The summed E-state index contributed by atoms with van der Waals surface area (Å²) in [5.41, 5.74) is 7.42. The van der Waals surface area contributed by atoms with Crippen LogP contribution in [0.3, 0.4) is 0 Å². The molecule has 1 aromatic carbocycles. The molecule has 0 spiro atoms. The van der Waals surface area contributed by atoms with Crippen LogP contribution in [0.5, 0.6) is 0 Å². The average Bonchev–Trinajstić information content (AvgIpc) is 3.15. The number of benzene rings is 1. The van der Waals surface area contributed by atoms with E-state index in [9.17, 15) is 15.3 Å². The fourth-order valence-electron chi connectivity index (χ4n) is 3.05. The van der Waals surface area contributed by atoms with Crippen molar-refractivity contribution in [2.75, 3.05) is 12.3 Å². The first-order valence-corrected chi connectivity index (χ1v) is 7.78. The van der Waals surface area contributed by atoms with Gasteiger partial charge < -0.3 is 25.8 Å². The van der Waals surface area contributed by atoms with E-state index < -0.39 is 31.1 Å². The number of hydrogen-bond acceptors (Lipinski definition) is 8. The normalized spacial score (nSPS) is 26.4. The minimum absolute atomic E-state index is 0.202. The topological polar surface area (TPSA) is 140 Å². The first kappa shape index (κ1) is 15.9. The number of aromatic nitrogens is 4. The predicted molar refractivity (Wildman–Crippen MR) is 88.2 cm³/mol. The van der Waals surface area contributed by atoms with Crippen LogP contribution in [-0.4, -0.2) is 59.8 Å². The molecule has 4 atom stereocenters. The molecule has 130 valence electrons. The van der Waals surface area contributed by atoms with Crippen molar-refractivity contribution in [2.24, 2.45) is 0 Å². The van der Waals surface area contributed by atoms with Crippen molar-refractivity contribution in [3.8, 4) is 11.4 Å². The Morgan fingerprint density at radius 1 is 1.12 bits per heavy atom. The lowest BCUT2D eigenvalue weighted by molar-refractivity contribution is -0.0503. The van der Waals surface area contributed by atoms with Crippen molar-refractivity contribution in [3.63, 3.8) is 0 Å². The Balaban J connectivity index is 1.94. The average molecular weight is 343 g/mol. The molecule has 3 aromatic rings. The maximum Gasteiger partial charge on any atom is 0.168 e. The van der Waals surface area contributed by atoms with E-state index in [0.29, 0.717) is 17.0 Å². The molecule has 3 heterocycles. The Labute approximate surface area is 142 Å². The highest BCUT2D eigenvalue weighted by atomic mass is 16.6. The third-order valence-corrected chi connectivity index (χ3v) is 4.31. The van der Waals surface area contributed by atoms with Gasteiger partial charge in [-0.3, -0.25) is 4.57 Å². The van der Waals surface area contributed by atoms with Crippen molar-refractivity contribution in [2.45, 2.75) is 24.5 Å². The molecule has 2 unspecified atom stereocenters. The molecule has 5 N–H and O–H groups in total. The number of ether oxygens (including phenoxy) is 1. The molecule has 0 saturated carbocycles. The quantitative estimate of drug-likeness (QED) is 0.508. The number of rotatable bonds is 3. The lowest BCUT2D eigenvalue weighted by Gasteiger charge is -2.19. The Bertz CT molecular complexity index is 900. The van der Waals surface area contributed by atoms with Crippen molar-refractivity contribution in [1.29, 1.82) is 0 Å². The van der Waals surface area contributed by atoms with Gasteiger partial charge in [-0.25, -0.2) is 15.0 Å². The van der Waals surface area contributed by atoms with E-state index in [1.54, 1.807) is 4.57 Å². The van der Waals surface area contributed by atoms with Crippen molar-refractivity contribution in [3.05, 3.63) is 36.7 Å². The predicted octanol–water partition coefficient (Wildman–Crippen LogP) is -0.313. The Hall–Kier alpha value is -2.59. The molecule has 9 nitrogen and oxygen atoms in total. The molecular formula is C16H17N5O4. The molecule has 2 aromatic heterocycles. The van der Waals surface area contributed by atoms with Crippen LogP contribution in [0.2, 0.25) is 0 Å². The summed E-state index contributed by atoms with van der Waals surface area (Å²) < 4.78 is 7.24. The largest absolute Gasteiger partial charge is 0.394 e. The summed E-state index contributed by atoms with van der Waals surface area (Å²) in [6.07, 6.45) is -3.06. The molecule has 4 rings (SSSR count). The number of fused-ring (bicyclic) bond motifs is 1. The zero-order valence-corrected chi connectivity index (χ0v) is 13.1. The van der Waals surface area contributed by atoms with Crippen LogP contribution in [0.4, 0.5) is 5.82 Å². The number of nitrogen functional groups attached to an aromatic ring is 1. The lowest BCUT2D eigenvalue weighted by Crippen LogP contribution is -2.33. The molecule has 0 bridgehead atoms. The summed E-state index contributed by atoms with van der Waals surface area (Å²) in [5.74, 6) is 0.672. The summed E-state index contributed by atoms with van der Waals surface area (Å²) in [6, 6.07) is 9.28. The van der Waals surface area contributed by atoms with E-state index in [-0.39, 0.29) is 5.82 Å². The van der Waals surface area contributed by atoms with Crippen LogP contribution >= 0.6 is 0 Å². The van der Waals surface area contributed by atoms with Gasteiger partial charge in [0.15, 0.2) is 23.2 Å². The minimum Gasteiger partial charge on any atom is -0.394 e. The van der Waals surface area contributed by atoms with E-state index in [1.165, 1.54) is 6.33 Å². The number of nitrogens with zero attached hydrogens (tertiary/aromatic N) is 4. The molecule has 1 aliphatic rings. The smallest absolute Gasteiger partial charge is 0.168 e. The van der Waals surface area contributed by atoms with Gasteiger partial charge in [-0.2, -0.15) is 0 Å². The van der Waals surface area contributed by atoms with Gasteiger partial charge in [0, 0.05) is 5.56 Å². The molecule has 9 heteroatoms. The third kappa shape index (κ3) is 2.45. The van der Waals surface area contributed by atoms with E-state index in [1.807, 2.05) is 30.3 Å². The van der Waals surface area contributed by atoms with Crippen molar-refractivity contribution in [1.82, 2.24) is 19.5 Å². The van der Waals surface area contributed by atoms with E-state index in [0.717, 1.165) is 5.56 Å². The van der Waals surface area contributed by atoms with Crippen LogP contribution in [0, 0.1) is 0 Å². The Morgan fingerprint density at radius 2 is 1.88 bits per heavy atom. The summed E-state index contributed by atoms with van der Waals surface area (Å²) in [6.45, 7) is -0.418. The molecule has 0 aliphatic carbocycles. The van der Waals surface area contributed by atoms with Gasteiger partial charge in [0.1, 0.15) is 30.5 Å². The molecule has 1 aliphatic heterocycles. The van der Waals surface area contributed by atoms with Gasteiger partial charge in [0.2, 0.25) is 0 Å². The second-order valence-corrected chi connectivity index (χ2v) is 5.83. The van der Waals surface area contributed by atoms with Gasteiger partial charge in [0.05, 0.1) is 6.61 Å². The van der Waals surface area contributed by atoms with Crippen molar-refractivity contribution < 1.29 is 20.1 Å². The highest BCUT2D eigenvalue weighted by molar-refractivity contribution is 5.85. The standard InChI is InChI=1S/C16H17N5O4/c17-13-10-15(19-7-18-13)21(14(20-10)8-4-2-1-3-5-8)16-12(24)11(23)9(6-22)25-16/h1-5,7,9,11-12,16,22-24H,6H2,(H2,17,18,19)/t9-,11?,12?,16-/m1/s1. The molecule has 25 heavy (non-hydrogen) atoms. The lowest BCUT2D eigenvalue weighted by atomic mass is 10.1. The third-order valence-electron chi connectivity index (χ3n) is 4.31. The zero-order valence-electron chi connectivity index (χ0n) is 13.1.